The molecule has 0 radical (unpaired) electrons. The minimum atomic E-state index is -1.13. The van der Waals surface area contributed by atoms with Gasteiger partial charge in [-0.1, -0.05) is 17.7 Å². The molecule has 0 heterocycles. The van der Waals surface area contributed by atoms with Crippen molar-refractivity contribution in [1.29, 1.82) is 5.26 Å². The largest absolute Gasteiger partial charge is 0.353 e. The van der Waals surface area contributed by atoms with Crippen LogP contribution in [-0.2, 0) is 0 Å². The number of aryl methyl sites for hydroxylation is 2. The van der Waals surface area contributed by atoms with Crippen LogP contribution in [0.25, 0.3) is 0 Å². The Morgan fingerprint density at radius 1 is 1.00 bits per heavy atom. The molecule has 0 fully saturated rings. The average Bonchev–Trinajstić information content (AvgIpc) is 2.38. The second-order valence-electron chi connectivity index (χ2n) is 4.34. The Labute approximate surface area is 110 Å². The molecule has 0 spiro atoms. The van der Waals surface area contributed by atoms with Gasteiger partial charge in [-0.05, 0) is 37.6 Å². The zero-order valence-electron chi connectivity index (χ0n) is 10.6. The van der Waals surface area contributed by atoms with Gasteiger partial charge in [0, 0.05) is 5.69 Å². The fourth-order valence-electron chi connectivity index (χ4n) is 1.83. The first kappa shape index (κ1) is 13.0. The molecule has 4 heteroatoms. The van der Waals surface area contributed by atoms with Crippen molar-refractivity contribution in [2.45, 2.75) is 13.8 Å². The highest BCUT2D eigenvalue weighted by molar-refractivity contribution is 5.64. The number of nitrogens with zero attached hydrogens (tertiary/aromatic N) is 1. The third-order valence-corrected chi connectivity index (χ3v) is 2.85. The van der Waals surface area contributed by atoms with Crippen molar-refractivity contribution in [2.24, 2.45) is 0 Å². The number of anilines is 2. The van der Waals surface area contributed by atoms with Gasteiger partial charge in [0.1, 0.15) is 6.07 Å². The van der Waals surface area contributed by atoms with E-state index in [4.69, 9.17) is 5.26 Å². The summed E-state index contributed by atoms with van der Waals surface area (Å²) in [4.78, 5) is 0. The van der Waals surface area contributed by atoms with Gasteiger partial charge in [-0.3, -0.25) is 0 Å². The molecule has 0 saturated heterocycles. The van der Waals surface area contributed by atoms with Crippen LogP contribution in [0, 0.1) is 36.8 Å². The lowest BCUT2D eigenvalue weighted by molar-refractivity contribution is 0.509. The van der Waals surface area contributed by atoms with Crippen LogP contribution < -0.4 is 5.32 Å². The molecule has 0 amide bonds. The summed E-state index contributed by atoms with van der Waals surface area (Å²) in [5, 5.41) is 11.5. The summed E-state index contributed by atoms with van der Waals surface area (Å²) in [5.41, 5.74) is 2.44. The van der Waals surface area contributed by atoms with E-state index in [-0.39, 0.29) is 11.3 Å². The van der Waals surface area contributed by atoms with Crippen LogP contribution in [0.15, 0.2) is 30.3 Å². The van der Waals surface area contributed by atoms with E-state index in [1.807, 2.05) is 26.0 Å². The lowest BCUT2D eigenvalue weighted by Crippen LogP contribution is -2.00. The lowest BCUT2D eigenvalue weighted by Gasteiger charge is -2.11. The maximum atomic E-state index is 13.8. The van der Waals surface area contributed by atoms with Gasteiger partial charge in [-0.15, -0.1) is 0 Å². The molecule has 0 atom stereocenters. The van der Waals surface area contributed by atoms with Gasteiger partial charge in [0.2, 0.25) is 0 Å². The van der Waals surface area contributed by atoms with Crippen LogP contribution in [0.2, 0.25) is 0 Å². The first-order valence-corrected chi connectivity index (χ1v) is 5.75. The van der Waals surface area contributed by atoms with Crippen LogP contribution in [0.5, 0.6) is 0 Å². The molecule has 2 aromatic carbocycles. The molecule has 0 saturated carbocycles. The number of halogens is 2. The number of hydrogen-bond donors (Lipinski definition) is 1. The molecule has 2 nitrogen and oxygen atoms in total. The minimum absolute atomic E-state index is 0.0171. The third kappa shape index (κ3) is 2.55. The lowest BCUT2D eigenvalue weighted by atomic mass is 10.1. The molecule has 0 aliphatic rings. The fraction of sp³-hybridized carbons (Fsp3) is 0.133. The Balaban J connectivity index is 2.39. The molecular formula is C15H12F2N2. The van der Waals surface area contributed by atoms with Gasteiger partial charge in [0.15, 0.2) is 11.6 Å². The number of nitriles is 1. The molecule has 2 rings (SSSR count). The summed E-state index contributed by atoms with van der Waals surface area (Å²) >= 11 is 0. The molecular weight excluding hydrogens is 246 g/mol. The summed E-state index contributed by atoms with van der Waals surface area (Å²) in [6.07, 6.45) is 0. The molecule has 96 valence electrons. The molecule has 0 aliphatic carbocycles. The van der Waals surface area contributed by atoms with E-state index in [0.29, 0.717) is 5.69 Å². The summed E-state index contributed by atoms with van der Waals surface area (Å²) in [5.74, 6) is -2.17. The highest BCUT2D eigenvalue weighted by atomic mass is 19.2. The average molecular weight is 258 g/mol. The number of benzene rings is 2. The Morgan fingerprint density at radius 3 is 2.32 bits per heavy atom. The van der Waals surface area contributed by atoms with Crippen LogP contribution in [0.4, 0.5) is 20.2 Å². The van der Waals surface area contributed by atoms with Crippen molar-refractivity contribution in [2.75, 3.05) is 5.32 Å². The Bertz CT molecular complexity index is 673. The standard InChI is InChI=1S/C15H12F2N2/c1-9-3-5-12(10(2)7-9)19-13-6-4-11(8-18)14(16)15(13)17/h3-7,19H,1-2H3. The van der Waals surface area contributed by atoms with Gasteiger partial charge in [-0.2, -0.15) is 5.26 Å². The summed E-state index contributed by atoms with van der Waals surface area (Å²) in [7, 11) is 0. The van der Waals surface area contributed by atoms with Crippen LogP contribution in [0.3, 0.4) is 0 Å². The summed E-state index contributed by atoms with van der Waals surface area (Å²) in [6.45, 7) is 3.84. The van der Waals surface area contributed by atoms with E-state index in [2.05, 4.69) is 5.32 Å². The molecule has 0 aromatic heterocycles. The van der Waals surface area contributed by atoms with Gasteiger partial charge >= 0.3 is 0 Å². The van der Waals surface area contributed by atoms with E-state index in [1.165, 1.54) is 12.1 Å². The maximum absolute atomic E-state index is 13.8. The van der Waals surface area contributed by atoms with Gasteiger partial charge in [-0.25, -0.2) is 8.78 Å². The quantitative estimate of drug-likeness (QED) is 0.876. The smallest absolute Gasteiger partial charge is 0.183 e. The highest BCUT2D eigenvalue weighted by Gasteiger charge is 2.13. The second kappa shape index (κ2) is 5.07. The van der Waals surface area contributed by atoms with E-state index < -0.39 is 11.6 Å². The zero-order valence-corrected chi connectivity index (χ0v) is 10.6. The predicted octanol–water partition coefficient (Wildman–Crippen LogP) is 4.20. The third-order valence-electron chi connectivity index (χ3n) is 2.85. The molecule has 2 aromatic rings. The van der Waals surface area contributed by atoms with Crippen molar-refractivity contribution in [3.8, 4) is 6.07 Å². The van der Waals surface area contributed by atoms with E-state index >= 15 is 0 Å². The monoisotopic (exact) mass is 258 g/mol. The van der Waals surface area contributed by atoms with Crippen molar-refractivity contribution < 1.29 is 8.78 Å². The Kier molecular flexibility index (Phi) is 3.48. The van der Waals surface area contributed by atoms with Crippen LogP contribution in [0.1, 0.15) is 16.7 Å². The first-order chi connectivity index (χ1) is 9.02. The summed E-state index contributed by atoms with van der Waals surface area (Å²) < 4.78 is 27.2. The fourth-order valence-corrected chi connectivity index (χ4v) is 1.83. The minimum Gasteiger partial charge on any atom is -0.353 e. The summed E-state index contributed by atoms with van der Waals surface area (Å²) in [6, 6.07) is 9.85. The number of hydrogen-bond acceptors (Lipinski definition) is 2. The van der Waals surface area contributed by atoms with Crippen LogP contribution >= 0.6 is 0 Å². The molecule has 0 aliphatic heterocycles. The maximum Gasteiger partial charge on any atom is 0.183 e. The van der Waals surface area contributed by atoms with Crippen molar-refractivity contribution in [3.05, 3.63) is 58.7 Å². The van der Waals surface area contributed by atoms with Gasteiger partial charge in [0.05, 0.1) is 11.3 Å². The highest BCUT2D eigenvalue weighted by Crippen LogP contribution is 2.26. The van der Waals surface area contributed by atoms with Crippen molar-refractivity contribution in [1.82, 2.24) is 0 Å². The first-order valence-electron chi connectivity index (χ1n) is 5.75. The van der Waals surface area contributed by atoms with Crippen molar-refractivity contribution >= 4 is 11.4 Å². The number of rotatable bonds is 2. The number of nitrogens with one attached hydrogen (secondary N) is 1. The predicted molar refractivity (Wildman–Crippen MR) is 70.3 cm³/mol. The van der Waals surface area contributed by atoms with Crippen LogP contribution in [-0.4, -0.2) is 0 Å². The Hall–Kier alpha value is -2.41. The SMILES string of the molecule is Cc1ccc(Nc2ccc(C#N)c(F)c2F)c(C)c1. The normalized spacial score (nSPS) is 10.1. The Morgan fingerprint density at radius 2 is 1.68 bits per heavy atom. The van der Waals surface area contributed by atoms with E-state index in [0.717, 1.165) is 11.1 Å². The topological polar surface area (TPSA) is 35.8 Å². The van der Waals surface area contributed by atoms with Gasteiger partial charge < -0.3 is 5.32 Å². The second-order valence-corrected chi connectivity index (χ2v) is 4.34. The molecule has 0 unspecified atom stereocenters. The van der Waals surface area contributed by atoms with Gasteiger partial charge in [0.25, 0.3) is 0 Å². The molecule has 19 heavy (non-hydrogen) atoms. The molecule has 0 bridgehead atoms. The zero-order chi connectivity index (χ0) is 14.0. The van der Waals surface area contributed by atoms with E-state index in [1.54, 1.807) is 12.1 Å². The molecule has 1 N–H and O–H groups in total. The van der Waals surface area contributed by atoms with E-state index in [9.17, 15) is 8.78 Å². The van der Waals surface area contributed by atoms with Crippen molar-refractivity contribution in [3.63, 3.8) is 0 Å².